The van der Waals surface area contributed by atoms with Crippen molar-refractivity contribution in [3.63, 3.8) is 0 Å². The molecule has 0 saturated heterocycles. The Hall–Kier alpha value is -2.13. The van der Waals surface area contributed by atoms with Crippen molar-refractivity contribution in [2.45, 2.75) is 18.6 Å². The summed E-state index contributed by atoms with van der Waals surface area (Å²) in [6.45, 7) is 0.0230. The number of hydrogen-bond donors (Lipinski definition) is 2. The molecule has 1 rings (SSSR count). The molecule has 0 aliphatic heterocycles. The van der Waals surface area contributed by atoms with Crippen LogP contribution in [0.25, 0.3) is 10.4 Å². The minimum Gasteiger partial charge on any atom is -0.390 e. The molecule has 1 aromatic carbocycles. The number of aliphatic hydroxyl groups is 2. The summed E-state index contributed by atoms with van der Waals surface area (Å²) in [5.41, 5.74) is 8.24. The number of hydrogen-bond acceptors (Lipinski definition) is 4. The molecule has 94 valence electrons. The number of rotatable bonds is 5. The van der Waals surface area contributed by atoms with Crippen LogP contribution in [0.2, 0.25) is 0 Å². The predicted molar refractivity (Wildman–Crippen MR) is 60.7 cm³/mol. The van der Waals surface area contributed by atoms with E-state index in [-0.39, 0.29) is 24.1 Å². The van der Waals surface area contributed by atoms with E-state index in [0.29, 0.717) is 0 Å². The zero-order valence-electron chi connectivity index (χ0n) is 9.36. The molecule has 0 saturated carbocycles. The number of azide groups is 1. The van der Waals surface area contributed by atoms with Crippen molar-refractivity contribution in [1.29, 1.82) is 5.26 Å². The Kier molecular flexibility index (Phi) is 5.08. The summed E-state index contributed by atoms with van der Waals surface area (Å²) < 4.78 is 13.1. The lowest BCUT2D eigenvalue weighted by atomic mass is 10.0. The van der Waals surface area contributed by atoms with E-state index < -0.39 is 18.0 Å². The standard InChI is InChI=1S/C11H11FN4O2/c12-9-4-7(6-13)3-8(5-9)11(18)10(17)1-2-15-16-14/h3-5,10-11,17-18H,1-2H2. The van der Waals surface area contributed by atoms with Gasteiger partial charge in [0.1, 0.15) is 11.9 Å². The first-order valence-electron chi connectivity index (χ1n) is 5.16. The van der Waals surface area contributed by atoms with Crippen LogP contribution in [0.15, 0.2) is 23.3 Å². The van der Waals surface area contributed by atoms with Crippen molar-refractivity contribution < 1.29 is 14.6 Å². The fourth-order valence-electron chi connectivity index (χ4n) is 1.46. The third-order valence-electron chi connectivity index (χ3n) is 2.34. The molecule has 2 N–H and O–H groups in total. The predicted octanol–water partition coefficient (Wildman–Crippen LogP) is 1.79. The van der Waals surface area contributed by atoms with E-state index in [1.807, 2.05) is 0 Å². The summed E-state index contributed by atoms with van der Waals surface area (Å²) in [4.78, 5) is 2.51. The number of aliphatic hydroxyl groups excluding tert-OH is 2. The third-order valence-corrected chi connectivity index (χ3v) is 2.34. The fraction of sp³-hybridized carbons (Fsp3) is 0.364. The molecule has 0 spiro atoms. The van der Waals surface area contributed by atoms with Gasteiger partial charge in [0.25, 0.3) is 0 Å². The highest BCUT2D eigenvalue weighted by Crippen LogP contribution is 2.21. The number of nitrogens with zero attached hydrogens (tertiary/aromatic N) is 4. The Bertz CT molecular complexity index is 508. The normalized spacial score (nSPS) is 13.2. The Morgan fingerprint density at radius 2 is 2.17 bits per heavy atom. The maximum atomic E-state index is 13.1. The first-order valence-corrected chi connectivity index (χ1v) is 5.16. The number of nitriles is 1. The van der Waals surface area contributed by atoms with Crippen molar-refractivity contribution in [1.82, 2.24) is 0 Å². The number of halogens is 1. The smallest absolute Gasteiger partial charge is 0.124 e. The van der Waals surface area contributed by atoms with Gasteiger partial charge < -0.3 is 10.2 Å². The summed E-state index contributed by atoms with van der Waals surface area (Å²) in [5.74, 6) is -0.662. The van der Waals surface area contributed by atoms with Gasteiger partial charge in [-0.05, 0) is 35.7 Å². The molecule has 0 fully saturated rings. The topological polar surface area (TPSA) is 113 Å². The molecule has 0 amide bonds. The molecule has 0 aliphatic rings. The van der Waals surface area contributed by atoms with E-state index in [4.69, 9.17) is 10.8 Å². The second-order valence-corrected chi connectivity index (χ2v) is 3.64. The third kappa shape index (κ3) is 3.71. The molecule has 6 nitrogen and oxygen atoms in total. The van der Waals surface area contributed by atoms with Crippen LogP contribution < -0.4 is 0 Å². The molecule has 0 aromatic heterocycles. The average molecular weight is 250 g/mol. The van der Waals surface area contributed by atoms with Crippen LogP contribution in [0.1, 0.15) is 23.7 Å². The highest BCUT2D eigenvalue weighted by atomic mass is 19.1. The van der Waals surface area contributed by atoms with Crippen molar-refractivity contribution in [2.75, 3.05) is 6.54 Å². The van der Waals surface area contributed by atoms with Gasteiger partial charge in [-0.2, -0.15) is 5.26 Å². The molecule has 7 heteroatoms. The van der Waals surface area contributed by atoms with Crippen molar-refractivity contribution in [2.24, 2.45) is 5.11 Å². The molecular weight excluding hydrogens is 239 g/mol. The van der Waals surface area contributed by atoms with E-state index in [1.54, 1.807) is 6.07 Å². The second-order valence-electron chi connectivity index (χ2n) is 3.64. The number of benzene rings is 1. The van der Waals surface area contributed by atoms with Crippen molar-refractivity contribution in [3.8, 4) is 6.07 Å². The Labute approximate surface area is 103 Å². The monoisotopic (exact) mass is 250 g/mol. The fourth-order valence-corrected chi connectivity index (χ4v) is 1.46. The van der Waals surface area contributed by atoms with Crippen LogP contribution in [0.5, 0.6) is 0 Å². The van der Waals surface area contributed by atoms with Gasteiger partial charge in [0, 0.05) is 11.5 Å². The second kappa shape index (κ2) is 6.57. The van der Waals surface area contributed by atoms with Gasteiger partial charge in [0.15, 0.2) is 0 Å². The molecular formula is C11H11FN4O2. The van der Waals surface area contributed by atoms with Crippen LogP contribution in [0.3, 0.4) is 0 Å². The van der Waals surface area contributed by atoms with Crippen LogP contribution in [-0.4, -0.2) is 22.9 Å². The molecule has 0 bridgehead atoms. The lowest BCUT2D eigenvalue weighted by Gasteiger charge is -2.17. The van der Waals surface area contributed by atoms with Crippen LogP contribution in [-0.2, 0) is 0 Å². The zero-order valence-corrected chi connectivity index (χ0v) is 9.36. The van der Waals surface area contributed by atoms with Crippen molar-refractivity contribution in [3.05, 3.63) is 45.6 Å². The largest absolute Gasteiger partial charge is 0.390 e. The van der Waals surface area contributed by atoms with E-state index in [1.165, 1.54) is 6.07 Å². The highest BCUT2D eigenvalue weighted by Gasteiger charge is 2.19. The summed E-state index contributed by atoms with van der Waals surface area (Å²) >= 11 is 0. The zero-order chi connectivity index (χ0) is 13.5. The Balaban J connectivity index is 2.82. The summed E-state index contributed by atoms with van der Waals surface area (Å²) in [6, 6.07) is 5.13. The SMILES string of the molecule is N#Cc1cc(F)cc(C(O)C(O)CCN=[N+]=[N-])c1. The van der Waals surface area contributed by atoms with Gasteiger partial charge >= 0.3 is 0 Å². The van der Waals surface area contributed by atoms with Gasteiger partial charge in [-0.1, -0.05) is 5.11 Å². The lowest BCUT2D eigenvalue weighted by Crippen LogP contribution is -2.19. The van der Waals surface area contributed by atoms with Gasteiger partial charge in [0.05, 0.1) is 17.7 Å². The summed E-state index contributed by atoms with van der Waals surface area (Å²) in [7, 11) is 0. The Morgan fingerprint density at radius 1 is 1.44 bits per heavy atom. The minimum atomic E-state index is -1.33. The van der Waals surface area contributed by atoms with Gasteiger partial charge in [-0.15, -0.1) is 0 Å². The van der Waals surface area contributed by atoms with Crippen LogP contribution >= 0.6 is 0 Å². The summed E-state index contributed by atoms with van der Waals surface area (Å²) in [6.07, 6.45) is -2.48. The summed E-state index contributed by atoms with van der Waals surface area (Å²) in [5, 5.41) is 31.3. The molecule has 18 heavy (non-hydrogen) atoms. The first-order chi connectivity index (χ1) is 8.58. The lowest BCUT2D eigenvalue weighted by molar-refractivity contribution is 0.0149. The molecule has 1 aromatic rings. The molecule has 2 unspecified atom stereocenters. The van der Waals surface area contributed by atoms with Gasteiger partial charge in [-0.3, -0.25) is 0 Å². The molecule has 0 aliphatic carbocycles. The average Bonchev–Trinajstić information content (AvgIpc) is 2.37. The van der Waals surface area contributed by atoms with Gasteiger partial charge in [-0.25, -0.2) is 4.39 Å². The molecule has 2 atom stereocenters. The maximum Gasteiger partial charge on any atom is 0.124 e. The van der Waals surface area contributed by atoms with E-state index >= 15 is 0 Å². The minimum absolute atomic E-state index is 0.0230. The van der Waals surface area contributed by atoms with Crippen LogP contribution in [0.4, 0.5) is 4.39 Å². The van der Waals surface area contributed by atoms with E-state index in [9.17, 15) is 14.6 Å². The van der Waals surface area contributed by atoms with Crippen LogP contribution in [0, 0.1) is 17.1 Å². The maximum absolute atomic E-state index is 13.1. The van der Waals surface area contributed by atoms with Crippen molar-refractivity contribution >= 4 is 0 Å². The first kappa shape index (κ1) is 13.9. The van der Waals surface area contributed by atoms with E-state index in [0.717, 1.165) is 12.1 Å². The van der Waals surface area contributed by atoms with Gasteiger partial charge in [0.2, 0.25) is 0 Å². The quantitative estimate of drug-likeness (QED) is 0.471. The highest BCUT2D eigenvalue weighted by molar-refractivity contribution is 5.34. The molecule has 0 heterocycles. The molecule has 0 radical (unpaired) electrons. The van der Waals surface area contributed by atoms with E-state index in [2.05, 4.69) is 10.0 Å². The Morgan fingerprint density at radius 3 is 2.78 bits per heavy atom.